The van der Waals surface area contributed by atoms with Crippen LogP contribution >= 0.6 is 11.6 Å². The summed E-state index contributed by atoms with van der Waals surface area (Å²) in [6.45, 7) is 0.714. The molecule has 0 saturated carbocycles. The van der Waals surface area contributed by atoms with Crippen LogP contribution in [0.15, 0.2) is 72.9 Å². The lowest BCUT2D eigenvalue weighted by Gasteiger charge is -2.11. The van der Waals surface area contributed by atoms with E-state index >= 15 is 0 Å². The van der Waals surface area contributed by atoms with Crippen molar-refractivity contribution >= 4 is 34.4 Å². The van der Waals surface area contributed by atoms with Gasteiger partial charge < -0.3 is 9.88 Å². The van der Waals surface area contributed by atoms with Gasteiger partial charge in [-0.2, -0.15) is 4.98 Å². The van der Waals surface area contributed by atoms with Gasteiger partial charge in [0.25, 0.3) is 0 Å². The van der Waals surface area contributed by atoms with Gasteiger partial charge in [-0.3, -0.25) is 0 Å². The van der Waals surface area contributed by atoms with Crippen LogP contribution in [0.25, 0.3) is 11.2 Å². The predicted molar refractivity (Wildman–Crippen MR) is 97.8 cm³/mol. The fourth-order valence-electron chi connectivity index (χ4n) is 2.68. The van der Waals surface area contributed by atoms with Gasteiger partial charge in [0.2, 0.25) is 5.95 Å². The second kappa shape index (κ2) is 6.34. The monoisotopic (exact) mass is 334 g/mol. The zero-order valence-corrected chi connectivity index (χ0v) is 13.6. The number of aromatic nitrogens is 3. The van der Waals surface area contributed by atoms with Crippen molar-refractivity contribution in [1.29, 1.82) is 0 Å². The fourth-order valence-corrected chi connectivity index (χ4v) is 2.87. The molecule has 1 N–H and O–H groups in total. The quantitative estimate of drug-likeness (QED) is 0.578. The molecule has 24 heavy (non-hydrogen) atoms. The molecule has 0 spiro atoms. The average Bonchev–Trinajstić information content (AvgIpc) is 2.93. The minimum atomic E-state index is 0.684. The van der Waals surface area contributed by atoms with Crippen molar-refractivity contribution in [3.63, 3.8) is 0 Å². The molecule has 4 nitrogen and oxygen atoms in total. The van der Waals surface area contributed by atoms with Crippen molar-refractivity contribution < 1.29 is 0 Å². The summed E-state index contributed by atoms with van der Waals surface area (Å²) in [7, 11) is 0. The van der Waals surface area contributed by atoms with Gasteiger partial charge in [-0.25, -0.2) is 4.98 Å². The number of halogens is 1. The number of imidazole rings is 1. The first-order chi connectivity index (χ1) is 11.8. The molecular weight excluding hydrogens is 320 g/mol. The van der Waals surface area contributed by atoms with E-state index in [-0.39, 0.29) is 0 Å². The summed E-state index contributed by atoms with van der Waals surface area (Å²) in [5, 5.41) is 4.03. The standard InChI is InChI=1S/C19H15ClN4/c20-15-8-4-9-16(12-15)22-19-23-18-17(10-5-11-21-18)24(19)13-14-6-2-1-3-7-14/h1-12H,13H2,(H,21,22,23). The van der Waals surface area contributed by atoms with Gasteiger partial charge in [0.05, 0.1) is 12.1 Å². The molecule has 118 valence electrons. The molecular formula is C19H15ClN4. The van der Waals surface area contributed by atoms with Crippen LogP contribution in [0.2, 0.25) is 5.02 Å². The Morgan fingerprint density at radius 2 is 1.83 bits per heavy atom. The van der Waals surface area contributed by atoms with Crippen LogP contribution in [0.3, 0.4) is 0 Å². The van der Waals surface area contributed by atoms with E-state index in [1.54, 1.807) is 6.20 Å². The summed E-state index contributed by atoms with van der Waals surface area (Å²) in [6, 6.07) is 21.9. The maximum atomic E-state index is 6.08. The maximum absolute atomic E-state index is 6.08. The summed E-state index contributed by atoms with van der Waals surface area (Å²) >= 11 is 6.08. The molecule has 0 radical (unpaired) electrons. The zero-order valence-electron chi connectivity index (χ0n) is 12.9. The number of hydrogen-bond donors (Lipinski definition) is 1. The Balaban J connectivity index is 1.78. The van der Waals surface area contributed by atoms with Gasteiger partial charge in [-0.15, -0.1) is 0 Å². The Kier molecular flexibility index (Phi) is 3.89. The number of benzene rings is 2. The van der Waals surface area contributed by atoms with Crippen LogP contribution in [0.4, 0.5) is 11.6 Å². The first kappa shape index (κ1) is 14.7. The van der Waals surface area contributed by atoms with Crippen LogP contribution in [0.1, 0.15) is 5.56 Å². The van der Waals surface area contributed by atoms with E-state index in [0.29, 0.717) is 11.6 Å². The lowest BCUT2D eigenvalue weighted by atomic mass is 10.2. The third kappa shape index (κ3) is 2.96. The average molecular weight is 335 g/mol. The van der Waals surface area contributed by atoms with Gasteiger partial charge in [0.15, 0.2) is 5.65 Å². The SMILES string of the molecule is Clc1cccc(Nc2nc3ncccc3n2Cc2ccccc2)c1. The van der Waals surface area contributed by atoms with Crippen LogP contribution < -0.4 is 5.32 Å². The highest BCUT2D eigenvalue weighted by molar-refractivity contribution is 6.30. The molecule has 0 unspecified atom stereocenters. The normalized spacial score (nSPS) is 10.9. The van der Waals surface area contributed by atoms with E-state index in [1.165, 1.54) is 5.56 Å². The van der Waals surface area contributed by atoms with Gasteiger partial charge in [0, 0.05) is 16.9 Å². The second-order valence-electron chi connectivity index (χ2n) is 5.49. The predicted octanol–water partition coefficient (Wildman–Crippen LogP) is 4.88. The number of nitrogens with zero attached hydrogens (tertiary/aromatic N) is 3. The molecule has 4 rings (SSSR count). The number of pyridine rings is 1. The molecule has 0 saturated heterocycles. The highest BCUT2D eigenvalue weighted by Crippen LogP contribution is 2.24. The Hall–Kier alpha value is -2.85. The van der Waals surface area contributed by atoms with Gasteiger partial charge in [0.1, 0.15) is 0 Å². The van der Waals surface area contributed by atoms with Crippen LogP contribution in [-0.4, -0.2) is 14.5 Å². The van der Waals surface area contributed by atoms with E-state index in [9.17, 15) is 0 Å². The van der Waals surface area contributed by atoms with Crippen LogP contribution in [0, 0.1) is 0 Å². The first-order valence-electron chi connectivity index (χ1n) is 7.67. The summed E-state index contributed by atoms with van der Waals surface area (Å²) < 4.78 is 2.12. The molecule has 0 aliphatic heterocycles. The van der Waals surface area contributed by atoms with Gasteiger partial charge in [-0.1, -0.05) is 48.0 Å². The molecule has 2 heterocycles. The van der Waals surface area contributed by atoms with Crippen LogP contribution in [0.5, 0.6) is 0 Å². The summed E-state index contributed by atoms with van der Waals surface area (Å²) in [5.74, 6) is 0.745. The smallest absolute Gasteiger partial charge is 0.210 e. The molecule has 4 aromatic rings. The van der Waals surface area contributed by atoms with E-state index < -0.39 is 0 Å². The summed E-state index contributed by atoms with van der Waals surface area (Å²) in [6.07, 6.45) is 1.76. The van der Waals surface area contributed by atoms with Crippen molar-refractivity contribution in [2.24, 2.45) is 0 Å². The van der Waals surface area contributed by atoms with Crippen molar-refractivity contribution in [3.05, 3.63) is 83.5 Å². The number of rotatable bonds is 4. The number of hydrogen-bond acceptors (Lipinski definition) is 3. The maximum Gasteiger partial charge on any atom is 0.210 e. The number of anilines is 2. The molecule has 0 amide bonds. The molecule has 2 aromatic carbocycles. The first-order valence-corrected chi connectivity index (χ1v) is 8.05. The van der Waals surface area contributed by atoms with Crippen molar-refractivity contribution in [2.75, 3.05) is 5.32 Å². The van der Waals surface area contributed by atoms with Crippen molar-refractivity contribution in [1.82, 2.24) is 14.5 Å². The third-order valence-electron chi connectivity index (χ3n) is 3.79. The fraction of sp³-hybridized carbons (Fsp3) is 0.0526. The Morgan fingerprint density at radius 3 is 2.67 bits per heavy atom. The minimum Gasteiger partial charge on any atom is -0.325 e. The van der Waals surface area contributed by atoms with Gasteiger partial charge >= 0.3 is 0 Å². The van der Waals surface area contributed by atoms with Gasteiger partial charge in [-0.05, 0) is 35.9 Å². The Labute approximate surface area is 144 Å². The van der Waals surface area contributed by atoms with E-state index in [1.807, 2.05) is 54.6 Å². The zero-order chi connectivity index (χ0) is 16.4. The molecule has 0 fully saturated rings. The molecule has 0 aliphatic rings. The van der Waals surface area contributed by atoms with E-state index in [4.69, 9.17) is 11.6 Å². The minimum absolute atomic E-state index is 0.684. The number of fused-ring (bicyclic) bond motifs is 1. The molecule has 2 aromatic heterocycles. The lowest BCUT2D eigenvalue weighted by molar-refractivity contribution is 0.835. The van der Waals surface area contributed by atoms with Crippen molar-refractivity contribution in [3.8, 4) is 0 Å². The van der Waals surface area contributed by atoms with E-state index in [0.717, 1.165) is 22.8 Å². The summed E-state index contributed by atoms with van der Waals surface area (Å²) in [5.41, 5.74) is 3.81. The largest absolute Gasteiger partial charge is 0.325 e. The highest BCUT2D eigenvalue weighted by Gasteiger charge is 2.12. The highest BCUT2D eigenvalue weighted by atomic mass is 35.5. The Morgan fingerprint density at radius 1 is 0.958 bits per heavy atom. The number of nitrogens with one attached hydrogen (secondary N) is 1. The molecule has 0 atom stereocenters. The molecule has 0 aliphatic carbocycles. The topological polar surface area (TPSA) is 42.7 Å². The third-order valence-corrected chi connectivity index (χ3v) is 4.02. The Bertz CT molecular complexity index is 979. The molecule has 5 heteroatoms. The van der Waals surface area contributed by atoms with Crippen LogP contribution in [-0.2, 0) is 6.54 Å². The summed E-state index contributed by atoms with van der Waals surface area (Å²) in [4.78, 5) is 9.00. The lowest BCUT2D eigenvalue weighted by Crippen LogP contribution is -2.05. The van der Waals surface area contributed by atoms with E-state index in [2.05, 4.69) is 32.0 Å². The molecule has 0 bridgehead atoms. The second-order valence-corrected chi connectivity index (χ2v) is 5.93. The van der Waals surface area contributed by atoms with Crippen molar-refractivity contribution in [2.45, 2.75) is 6.54 Å².